The quantitative estimate of drug-likeness (QED) is 0.661. The predicted molar refractivity (Wildman–Crippen MR) is 98.3 cm³/mol. The maximum absolute atomic E-state index is 13.2. The summed E-state index contributed by atoms with van der Waals surface area (Å²) in [5, 5.41) is 2.77. The molecule has 5 nitrogen and oxygen atoms in total. The average Bonchev–Trinajstić information content (AvgIpc) is 3.05. The van der Waals surface area contributed by atoms with Gasteiger partial charge in [-0.1, -0.05) is 25.1 Å². The molecule has 0 radical (unpaired) electrons. The standard InChI is InChI=1S/C20H20FN3O2/c1-2-11-26-18-6-4-3-5-15(18)7-10-20(25)22-12-17-14-24-13-16(21)8-9-19(24)23-17/h3-10,13-14H,2,11-12H2,1H3,(H,22,25)/b10-7+. The molecule has 2 aromatic heterocycles. The molecule has 0 aliphatic rings. The fraction of sp³-hybridized carbons (Fsp3) is 0.200. The first-order chi connectivity index (χ1) is 12.7. The number of para-hydroxylation sites is 1. The third kappa shape index (κ3) is 4.47. The Morgan fingerprint density at radius 1 is 1.27 bits per heavy atom. The Labute approximate surface area is 151 Å². The predicted octanol–water partition coefficient (Wildman–Crippen LogP) is 3.59. The minimum absolute atomic E-state index is 0.237. The van der Waals surface area contributed by atoms with Crippen molar-refractivity contribution in [3.63, 3.8) is 0 Å². The van der Waals surface area contributed by atoms with Gasteiger partial charge in [-0.15, -0.1) is 0 Å². The summed E-state index contributed by atoms with van der Waals surface area (Å²) in [7, 11) is 0. The zero-order valence-corrected chi connectivity index (χ0v) is 14.5. The van der Waals surface area contributed by atoms with Gasteiger partial charge in [-0.2, -0.15) is 0 Å². The van der Waals surface area contributed by atoms with Gasteiger partial charge in [0.05, 0.1) is 18.8 Å². The van der Waals surface area contributed by atoms with Crippen LogP contribution < -0.4 is 10.1 Å². The lowest BCUT2D eigenvalue weighted by molar-refractivity contribution is -0.116. The van der Waals surface area contributed by atoms with E-state index in [0.717, 1.165) is 17.7 Å². The van der Waals surface area contributed by atoms with Crippen LogP contribution in [0.5, 0.6) is 5.75 Å². The summed E-state index contributed by atoms with van der Waals surface area (Å²) in [5.41, 5.74) is 2.14. The zero-order chi connectivity index (χ0) is 18.4. The van der Waals surface area contributed by atoms with Gasteiger partial charge in [0.1, 0.15) is 17.2 Å². The third-order valence-electron chi connectivity index (χ3n) is 3.70. The van der Waals surface area contributed by atoms with Gasteiger partial charge in [-0.25, -0.2) is 9.37 Å². The van der Waals surface area contributed by atoms with E-state index in [2.05, 4.69) is 10.3 Å². The topological polar surface area (TPSA) is 55.6 Å². The van der Waals surface area contributed by atoms with E-state index < -0.39 is 0 Å². The molecule has 0 saturated carbocycles. The number of nitrogens with one attached hydrogen (secondary N) is 1. The molecule has 0 unspecified atom stereocenters. The van der Waals surface area contributed by atoms with Crippen LogP contribution in [0, 0.1) is 5.82 Å². The van der Waals surface area contributed by atoms with Crippen LogP contribution in [0.1, 0.15) is 24.6 Å². The van der Waals surface area contributed by atoms with Crippen molar-refractivity contribution in [3.05, 3.63) is 71.9 Å². The lowest BCUT2D eigenvalue weighted by Crippen LogP contribution is -2.20. The Kier molecular flexibility index (Phi) is 5.63. The van der Waals surface area contributed by atoms with Crippen LogP contribution in [0.25, 0.3) is 11.7 Å². The van der Waals surface area contributed by atoms with E-state index in [-0.39, 0.29) is 18.3 Å². The first-order valence-electron chi connectivity index (χ1n) is 8.46. The van der Waals surface area contributed by atoms with E-state index in [1.807, 2.05) is 31.2 Å². The number of ether oxygens (including phenoxy) is 1. The molecule has 0 bridgehead atoms. The molecular formula is C20H20FN3O2. The van der Waals surface area contributed by atoms with Gasteiger partial charge in [0.25, 0.3) is 0 Å². The molecule has 0 aliphatic carbocycles. The molecule has 1 amide bonds. The van der Waals surface area contributed by atoms with Gasteiger partial charge in [0, 0.05) is 24.0 Å². The molecule has 0 atom stereocenters. The molecule has 0 saturated heterocycles. The Balaban J connectivity index is 1.60. The lowest BCUT2D eigenvalue weighted by atomic mass is 10.2. The largest absolute Gasteiger partial charge is 0.493 e. The first-order valence-corrected chi connectivity index (χ1v) is 8.46. The van der Waals surface area contributed by atoms with Gasteiger partial charge in [0.15, 0.2) is 0 Å². The van der Waals surface area contributed by atoms with Crippen LogP contribution in [0.15, 0.2) is 54.9 Å². The SMILES string of the molecule is CCCOc1ccccc1/C=C/C(=O)NCc1cn2cc(F)ccc2n1. The van der Waals surface area contributed by atoms with Gasteiger partial charge >= 0.3 is 0 Å². The number of aromatic nitrogens is 2. The molecule has 0 fully saturated rings. The van der Waals surface area contributed by atoms with Gasteiger partial charge < -0.3 is 14.5 Å². The highest BCUT2D eigenvalue weighted by Crippen LogP contribution is 2.19. The Bertz CT molecular complexity index is 934. The number of nitrogens with zero attached hydrogens (tertiary/aromatic N) is 2. The molecule has 134 valence electrons. The molecule has 2 heterocycles. The number of pyridine rings is 1. The minimum Gasteiger partial charge on any atom is -0.493 e. The van der Waals surface area contributed by atoms with E-state index in [0.29, 0.717) is 17.9 Å². The van der Waals surface area contributed by atoms with Crippen molar-refractivity contribution >= 4 is 17.6 Å². The number of hydrogen-bond acceptors (Lipinski definition) is 3. The third-order valence-corrected chi connectivity index (χ3v) is 3.70. The Hall–Kier alpha value is -3.15. The number of amides is 1. The first kappa shape index (κ1) is 17.7. The molecule has 26 heavy (non-hydrogen) atoms. The minimum atomic E-state index is -0.336. The number of imidazole rings is 1. The van der Waals surface area contributed by atoms with E-state index >= 15 is 0 Å². The highest BCUT2D eigenvalue weighted by atomic mass is 19.1. The summed E-state index contributed by atoms with van der Waals surface area (Å²) >= 11 is 0. The number of halogens is 1. The second-order valence-electron chi connectivity index (χ2n) is 5.78. The fourth-order valence-electron chi connectivity index (χ4n) is 2.47. The zero-order valence-electron chi connectivity index (χ0n) is 14.5. The maximum Gasteiger partial charge on any atom is 0.244 e. The molecule has 0 spiro atoms. The average molecular weight is 353 g/mol. The van der Waals surface area contributed by atoms with Crippen molar-refractivity contribution in [3.8, 4) is 5.75 Å². The highest BCUT2D eigenvalue weighted by molar-refractivity contribution is 5.92. The summed E-state index contributed by atoms with van der Waals surface area (Å²) in [6, 6.07) is 10.5. The Morgan fingerprint density at radius 3 is 2.96 bits per heavy atom. The number of carbonyl (C=O) groups is 1. The normalized spacial score (nSPS) is 11.2. The molecular weight excluding hydrogens is 333 g/mol. The number of carbonyl (C=O) groups excluding carboxylic acids is 1. The van der Waals surface area contributed by atoms with Crippen molar-refractivity contribution in [2.45, 2.75) is 19.9 Å². The van der Waals surface area contributed by atoms with Crippen molar-refractivity contribution < 1.29 is 13.9 Å². The second kappa shape index (κ2) is 8.29. The molecule has 3 rings (SSSR count). The summed E-state index contributed by atoms with van der Waals surface area (Å²) in [6.45, 7) is 2.94. The number of fused-ring (bicyclic) bond motifs is 1. The number of rotatable bonds is 7. The van der Waals surface area contributed by atoms with Crippen molar-refractivity contribution in [1.29, 1.82) is 0 Å². The van der Waals surface area contributed by atoms with Crippen LogP contribution in [0.3, 0.4) is 0 Å². The Morgan fingerprint density at radius 2 is 2.12 bits per heavy atom. The van der Waals surface area contributed by atoms with Crippen molar-refractivity contribution in [2.24, 2.45) is 0 Å². The van der Waals surface area contributed by atoms with Crippen molar-refractivity contribution in [2.75, 3.05) is 6.61 Å². The summed E-state index contributed by atoms with van der Waals surface area (Å²) in [6.07, 6.45) is 7.14. The van der Waals surface area contributed by atoms with Crippen molar-refractivity contribution in [1.82, 2.24) is 14.7 Å². The monoisotopic (exact) mass is 353 g/mol. The summed E-state index contributed by atoms with van der Waals surface area (Å²) in [5.74, 6) is 0.177. The lowest BCUT2D eigenvalue weighted by Gasteiger charge is -2.07. The van der Waals surface area contributed by atoms with Crippen LogP contribution in [-0.2, 0) is 11.3 Å². The van der Waals surface area contributed by atoms with E-state index in [1.165, 1.54) is 18.3 Å². The molecule has 1 aromatic carbocycles. The second-order valence-corrected chi connectivity index (χ2v) is 5.78. The van der Waals surface area contributed by atoms with Crippen LogP contribution in [-0.4, -0.2) is 21.9 Å². The van der Waals surface area contributed by atoms with Gasteiger partial charge in [-0.3, -0.25) is 4.79 Å². The van der Waals surface area contributed by atoms with Crippen LogP contribution >= 0.6 is 0 Å². The van der Waals surface area contributed by atoms with E-state index in [4.69, 9.17) is 4.74 Å². The van der Waals surface area contributed by atoms with Gasteiger partial charge in [-0.05, 0) is 30.7 Å². The number of hydrogen-bond donors (Lipinski definition) is 1. The number of benzene rings is 1. The van der Waals surface area contributed by atoms with Gasteiger partial charge in [0.2, 0.25) is 5.91 Å². The highest BCUT2D eigenvalue weighted by Gasteiger charge is 2.04. The van der Waals surface area contributed by atoms with E-state index in [9.17, 15) is 9.18 Å². The maximum atomic E-state index is 13.2. The molecule has 6 heteroatoms. The molecule has 1 N–H and O–H groups in total. The molecule has 3 aromatic rings. The van der Waals surface area contributed by atoms with Crippen LogP contribution in [0.4, 0.5) is 4.39 Å². The summed E-state index contributed by atoms with van der Waals surface area (Å²) < 4.78 is 20.5. The summed E-state index contributed by atoms with van der Waals surface area (Å²) in [4.78, 5) is 16.4. The van der Waals surface area contributed by atoms with E-state index in [1.54, 1.807) is 22.7 Å². The fourth-order valence-corrected chi connectivity index (χ4v) is 2.47. The smallest absolute Gasteiger partial charge is 0.244 e. The van der Waals surface area contributed by atoms with Crippen LogP contribution in [0.2, 0.25) is 0 Å². The molecule has 0 aliphatic heterocycles.